The molecule has 0 saturated heterocycles. The molecule has 0 radical (unpaired) electrons. The smallest absolute Gasteiger partial charge is 0.191 e. The molecule has 2 N–H and O–H groups in total. The van der Waals surface area contributed by atoms with Crippen molar-refractivity contribution in [2.24, 2.45) is 4.99 Å². The van der Waals surface area contributed by atoms with E-state index in [9.17, 15) is 0 Å². The average Bonchev–Trinajstić information content (AvgIpc) is 3.27. The van der Waals surface area contributed by atoms with Crippen molar-refractivity contribution in [3.63, 3.8) is 0 Å². The number of nitrogens with one attached hydrogen (secondary N) is 2. The van der Waals surface area contributed by atoms with Gasteiger partial charge in [0.1, 0.15) is 12.7 Å². The van der Waals surface area contributed by atoms with Gasteiger partial charge in [-0.3, -0.25) is 0 Å². The Morgan fingerprint density at radius 3 is 2.70 bits per heavy atom. The molecule has 1 aromatic carbocycles. The number of aromatic nitrogens is 3. The van der Waals surface area contributed by atoms with E-state index in [0.717, 1.165) is 18.2 Å². The standard InChI is InChI=1S/C17H24N6/c1-2-19-17(22-15-5-3-4-6-15)20-11-14-7-9-16(10-8-14)23-13-18-12-21-23/h7-10,12-13,15H,2-6,11H2,1H3,(H2,19,20,22). The lowest BCUT2D eigenvalue weighted by molar-refractivity contribution is 0.614. The number of hydrogen-bond donors (Lipinski definition) is 2. The van der Waals surface area contributed by atoms with Gasteiger partial charge in [-0.1, -0.05) is 25.0 Å². The maximum atomic E-state index is 4.70. The van der Waals surface area contributed by atoms with Crippen LogP contribution >= 0.6 is 0 Å². The summed E-state index contributed by atoms with van der Waals surface area (Å²) in [6.07, 6.45) is 8.37. The molecule has 1 aliphatic rings. The molecule has 1 fully saturated rings. The molecule has 6 nitrogen and oxygen atoms in total. The second kappa shape index (κ2) is 7.76. The fourth-order valence-corrected chi connectivity index (χ4v) is 2.85. The van der Waals surface area contributed by atoms with Crippen LogP contribution in [0.15, 0.2) is 41.9 Å². The first-order valence-electron chi connectivity index (χ1n) is 8.34. The molecule has 1 saturated carbocycles. The van der Waals surface area contributed by atoms with E-state index in [2.05, 4.69) is 39.8 Å². The highest BCUT2D eigenvalue weighted by Gasteiger charge is 2.15. The summed E-state index contributed by atoms with van der Waals surface area (Å²) in [5.74, 6) is 0.916. The first-order chi connectivity index (χ1) is 11.3. The summed E-state index contributed by atoms with van der Waals surface area (Å²) in [5, 5.41) is 11.0. The predicted octanol–water partition coefficient (Wildman–Crippen LogP) is 2.27. The Balaban J connectivity index is 1.61. The molecule has 122 valence electrons. The van der Waals surface area contributed by atoms with Gasteiger partial charge in [0, 0.05) is 12.6 Å². The van der Waals surface area contributed by atoms with Crippen molar-refractivity contribution in [1.29, 1.82) is 0 Å². The molecular weight excluding hydrogens is 288 g/mol. The van der Waals surface area contributed by atoms with Gasteiger partial charge < -0.3 is 10.6 Å². The van der Waals surface area contributed by atoms with Crippen LogP contribution < -0.4 is 10.6 Å². The summed E-state index contributed by atoms with van der Waals surface area (Å²) < 4.78 is 1.75. The van der Waals surface area contributed by atoms with E-state index >= 15 is 0 Å². The Hall–Kier alpha value is -2.37. The molecule has 2 aromatic rings. The molecule has 0 unspecified atom stereocenters. The van der Waals surface area contributed by atoms with Crippen LogP contribution in [0.25, 0.3) is 5.69 Å². The number of nitrogens with zero attached hydrogens (tertiary/aromatic N) is 4. The Labute approximate surface area is 137 Å². The van der Waals surface area contributed by atoms with Gasteiger partial charge in [0.05, 0.1) is 12.2 Å². The lowest BCUT2D eigenvalue weighted by Crippen LogP contribution is -2.42. The van der Waals surface area contributed by atoms with Crippen LogP contribution in [0.1, 0.15) is 38.2 Å². The molecule has 0 atom stereocenters. The van der Waals surface area contributed by atoms with Gasteiger partial charge in [0.15, 0.2) is 5.96 Å². The SMILES string of the molecule is CCNC(=NCc1ccc(-n2cncn2)cc1)NC1CCCC1. The van der Waals surface area contributed by atoms with E-state index in [-0.39, 0.29) is 0 Å². The molecule has 0 spiro atoms. The zero-order valence-electron chi connectivity index (χ0n) is 13.6. The van der Waals surface area contributed by atoms with Gasteiger partial charge in [0.2, 0.25) is 0 Å². The van der Waals surface area contributed by atoms with E-state index in [1.54, 1.807) is 11.0 Å². The minimum atomic E-state index is 0.572. The van der Waals surface area contributed by atoms with Crippen LogP contribution in [0.3, 0.4) is 0 Å². The maximum Gasteiger partial charge on any atom is 0.191 e. The molecule has 0 amide bonds. The quantitative estimate of drug-likeness (QED) is 0.656. The largest absolute Gasteiger partial charge is 0.357 e. The Bertz CT molecular complexity index is 611. The number of benzene rings is 1. The highest BCUT2D eigenvalue weighted by atomic mass is 15.3. The average molecular weight is 312 g/mol. The zero-order chi connectivity index (χ0) is 15.9. The van der Waals surface area contributed by atoms with E-state index in [1.807, 2.05) is 12.1 Å². The summed E-state index contributed by atoms with van der Waals surface area (Å²) >= 11 is 0. The molecular formula is C17H24N6. The monoisotopic (exact) mass is 312 g/mol. The number of guanidine groups is 1. The second-order valence-electron chi connectivity index (χ2n) is 5.83. The Kier molecular flexibility index (Phi) is 5.24. The molecule has 0 aliphatic heterocycles. The van der Waals surface area contributed by atoms with Gasteiger partial charge in [-0.2, -0.15) is 5.10 Å². The molecule has 23 heavy (non-hydrogen) atoms. The van der Waals surface area contributed by atoms with Crippen molar-refractivity contribution >= 4 is 5.96 Å². The van der Waals surface area contributed by atoms with Gasteiger partial charge in [-0.25, -0.2) is 14.7 Å². The number of aliphatic imine (C=N–C) groups is 1. The molecule has 1 aliphatic carbocycles. The van der Waals surface area contributed by atoms with Gasteiger partial charge >= 0.3 is 0 Å². The highest BCUT2D eigenvalue weighted by Crippen LogP contribution is 2.17. The van der Waals surface area contributed by atoms with Crippen LogP contribution in [-0.2, 0) is 6.54 Å². The van der Waals surface area contributed by atoms with Crippen molar-refractivity contribution in [3.8, 4) is 5.69 Å². The van der Waals surface area contributed by atoms with Crippen LogP contribution in [0.5, 0.6) is 0 Å². The van der Waals surface area contributed by atoms with Crippen molar-refractivity contribution < 1.29 is 0 Å². The van der Waals surface area contributed by atoms with E-state index in [4.69, 9.17) is 4.99 Å². The van der Waals surface area contributed by atoms with Crippen molar-refractivity contribution in [3.05, 3.63) is 42.5 Å². The normalized spacial score (nSPS) is 15.8. The number of hydrogen-bond acceptors (Lipinski definition) is 3. The predicted molar refractivity (Wildman–Crippen MR) is 91.6 cm³/mol. The van der Waals surface area contributed by atoms with Crippen molar-refractivity contribution in [2.75, 3.05) is 6.54 Å². The molecule has 1 heterocycles. The fourth-order valence-electron chi connectivity index (χ4n) is 2.85. The van der Waals surface area contributed by atoms with E-state index in [0.29, 0.717) is 12.6 Å². The molecule has 3 rings (SSSR count). The first kappa shape index (κ1) is 15.5. The van der Waals surface area contributed by atoms with Crippen molar-refractivity contribution in [2.45, 2.75) is 45.2 Å². The highest BCUT2D eigenvalue weighted by molar-refractivity contribution is 5.80. The van der Waals surface area contributed by atoms with E-state index < -0.39 is 0 Å². The summed E-state index contributed by atoms with van der Waals surface area (Å²) in [5.41, 5.74) is 2.18. The topological polar surface area (TPSA) is 67.1 Å². The first-order valence-corrected chi connectivity index (χ1v) is 8.34. The van der Waals surface area contributed by atoms with Crippen LogP contribution in [-0.4, -0.2) is 33.3 Å². The summed E-state index contributed by atoms with van der Waals surface area (Å²) in [6, 6.07) is 8.81. The van der Waals surface area contributed by atoms with Gasteiger partial charge in [-0.05, 0) is 37.5 Å². The van der Waals surface area contributed by atoms with Crippen molar-refractivity contribution in [1.82, 2.24) is 25.4 Å². The Morgan fingerprint density at radius 1 is 1.26 bits per heavy atom. The second-order valence-corrected chi connectivity index (χ2v) is 5.83. The molecule has 6 heteroatoms. The summed E-state index contributed by atoms with van der Waals surface area (Å²) in [7, 11) is 0. The Morgan fingerprint density at radius 2 is 2.04 bits per heavy atom. The fraction of sp³-hybridized carbons (Fsp3) is 0.471. The third kappa shape index (κ3) is 4.31. The van der Waals surface area contributed by atoms with Gasteiger partial charge in [-0.15, -0.1) is 0 Å². The zero-order valence-corrected chi connectivity index (χ0v) is 13.6. The van der Waals surface area contributed by atoms with Crippen LogP contribution in [0.2, 0.25) is 0 Å². The summed E-state index contributed by atoms with van der Waals surface area (Å²) in [6.45, 7) is 3.64. The molecule has 0 bridgehead atoms. The van der Waals surface area contributed by atoms with Gasteiger partial charge in [0.25, 0.3) is 0 Å². The summed E-state index contributed by atoms with van der Waals surface area (Å²) in [4.78, 5) is 8.66. The minimum Gasteiger partial charge on any atom is -0.357 e. The lowest BCUT2D eigenvalue weighted by Gasteiger charge is -2.16. The third-order valence-corrected chi connectivity index (χ3v) is 4.08. The van der Waals surface area contributed by atoms with Crippen LogP contribution in [0.4, 0.5) is 0 Å². The third-order valence-electron chi connectivity index (χ3n) is 4.08. The lowest BCUT2D eigenvalue weighted by atomic mass is 10.2. The van der Waals surface area contributed by atoms with E-state index in [1.165, 1.54) is 37.6 Å². The minimum absolute atomic E-state index is 0.572. The van der Waals surface area contributed by atoms with Crippen LogP contribution in [0, 0.1) is 0 Å². The number of rotatable bonds is 5. The maximum absolute atomic E-state index is 4.70. The molecule has 1 aromatic heterocycles.